The van der Waals surface area contributed by atoms with Crippen molar-refractivity contribution < 1.29 is 5.11 Å². The topological polar surface area (TPSA) is 23.5 Å². The summed E-state index contributed by atoms with van der Waals surface area (Å²) in [6.07, 6.45) is 2.22. The fourth-order valence-electron chi connectivity index (χ4n) is 2.49. The molecule has 0 radical (unpaired) electrons. The van der Waals surface area contributed by atoms with Gasteiger partial charge in [-0.25, -0.2) is 0 Å². The zero-order valence-corrected chi connectivity index (χ0v) is 11.9. The van der Waals surface area contributed by atoms with Gasteiger partial charge in [-0.1, -0.05) is 35.0 Å². The molecule has 2 nitrogen and oxygen atoms in total. The number of likely N-dealkylation sites (tertiary alicyclic amines) is 1. The number of aliphatic hydroxyl groups excluding tert-OH is 1. The van der Waals surface area contributed by atoms with Gasteiger partial charge < -0.3 is 10.0 Å². The molecule has 17 heavy (non-hydrogen) atoms. The van der Waals surface area contributed by atoms with Gasteiger partial charge in [-0.05, 0) is 43.0 Å². The summed E-state index contributed by atoms with van der Waals surface area (Å²) in [5, 5.41) is 10.2. The van der Waals surface area contributed by atoms with E-state index in [1.54, 1.807) is 0 Å². The first kappa shape index (κ1) is 13.1. The van der Waals surface area contributed by atoms with E-state index in [0.717, 1.165) is 35.6 Å². The van der Waals surface area contributed by atoms with Crippen LogP contribution in [-0.4, -0.2) is 29.6 Å². The highest BCUT2D eigenvalue weighted by molar-refractivity contribution is 9.10. The number of halogens is 1. The minimum absolute atomic E-state index is 0.367. The number of β-amino-alcohol motifs (C(OH)–C–C–N with tert-alkyl or cyclic N) is 1. The lowest BCUT2D eigenvalue weighted by Crippen LogP contribution is -2.37. The number of hydrogen-bond donors (Lipinski definition) is 1. The highest BCUT2D eigenvalue weighted by Crippen LogP contribution is 2.21. The van der Waals surface area contributed by atoms with E-state index in [-0.39, 0.29) is 6.10 Å². The van der Waals surface area contributed by atoms with Crippen LogP contribution in [-0.2, 0) is 0 Å². The summed E-state index contributed by atoms with van der Waals surface area (Å²) >= 11 is 3.41. The van der Waals surface area contributed by atoms with Gasteiger partial charge in [0.1, 0.15) is 0 Å². The predicted molar refractivity (Wildman–Crippen MR) is 73.9 cm³/mol. The van der Waals surface area contributed by atoms with Crippen LogP contribution in [0.15, 0.2) is 28.7 Å². The van der Waals surface area contributed by atoms with Gasteiger partial charge in [0.25, 0.3) is 0 Å². The van der Waals surface area contributed by atoms with E-state index in [2.05, 4.69) is 27.8 Å². The van der Waals surface area contributed by atoms with E-state index in [4.69, 9.17) is 0 Å². The molecule has 0 bridgehead atoms. The lowest BCUT2D eigenvalue weighted by Gasteiger charge is -2.32. The fourth-order valence-corrected chi connectivity index (χ4v) is 2.75. The van der Waals surface area contributed by atoms with E-state index < -0.39 is 0 Å². The minimum Gasteiger partial charge on any atom is -0.387 e. The van der Waals surface area contributed by atoms with Crippen molar-refractivity contribution in [2.45, 2.75) is 25.9 Å². The third kappa shape index (κ3) is 3.80. The van der Waals surface area contributed by atoms with Crippen molar-refractivity contribution in [2.75, 3.05) is 19.6 Å². The highest BCUT2D eigenvalue weighted by atomic mass is 79.9. The molecule has 94 valence electrons. The van der Waals surface area contributed by atoms with Crippen LogP contribution in [0, 0.1) is 5.92 Å². The first-order chi connectivity index (χ1) is 8.15. The summed E-state index contributed by atoms with van der Waals surface area (Å²) in [6, 6.07) is 7.94. The average molecular weight is 298 g/mol. The van der Waals surface area contributed by atoms with Crippen molar-refractivity contribution in [1.29, 1.82) is 0 Å². The highest BCUT2D eigenvalue weighted by Gasteiger charge is 2.19. The van der Waals surface area contributed by atoms with Crippen molar-refractivity contribution >= 4 is 15.9 Å². The third-order valence-electron chi connectivity index (χ3n) is 3.43. The molecule has 0 amide bonds. The van der Waals surface area contributed by atoms with Crippen LogP contribution in [0.5, 0.6) is 0 Å². The Balaban J connectivity index is 1.91. The van der Waals surface area contributed by atoms with Gasteiger partial charge in [0, 0.05) is 17.6 Å². The first-order valence-electron chi connectivity index (χ1n) is 6.31. The molecule has 1 aliphatic heterocycles. The van der Waals surface area contributed by atoms with Crippen LogP contribution in [0.25, 0.3) is 0 Å². The molecule has 0 aliphatic carbocycles. The number of aliphatic hydroxyl groups is 1. The number of hydrogen-bond acceptors (Lipinski definition) is 2. The zero-order valence-electron chi connectivity index (χ0n) is 10.3. The molecule has 2 rings (SSSR count). The van der Waals surface area contributed by atoms with Gasteiger partial charge in [-0.15, -0.1) is 0 Å². The second-order valence-corrected chi connectivity index (χ2v) is 5.99. The van der Waals surface area contributed by atoms with Gasteiger partial charge in [0.05, 0.1) is 6.10 Å². The molecule has 1 aliphatic rings. The Kier molecular flexibility index (Phi) is 4.60. The summed E-state index contributed by atoms with van der Waals surface area (Å²) < 4.78 is 1.06. The van der Waals surface area contributed by atoms with Gasteiger partial charge >= 0.3 is 0 Å². The van der Waals surface area contributed by atoms with Gasteiger partial charge in [0.15, 0.2) is 0 Å². The molecular formula is C14H20BrNO. The number of piperidine rings is 1. The van der Waals surface area contributed by atoms with Crippen LogP contribution >= 0.6 is 15.9 Å². The fraction of sp³-hybridized carbons (Fsp3) is 0.571. The van der Waals surface area contributed by atoms with Crippen LogP contribution in [0.1, 0.15) is 31.4 Å². The molecule has 0 saturated carbocycles. The maximum atomic E-state index is 10.2. The Morgan fingerprint density at radius 3 is 2.76 bits per heavy atom. The van der Waals surface area contributed by atoms with Crippen LogP contribution in [0.2, 0.25) is 0 Å². The molecule has 1 aromatic rings. The maximum Gasteiger partial charge on any atom is 0.0916 e. The first-order valence-corrected chi connectivity index (χ1v) is 7.10. The Labute approximate surface area is 112 Å². The second kappa shape index (κ2) is 5.98. The van der Waals surface area contributed by atoms with Crippen molar-refractivity contribution in [2.24, 2.45) is 5.92 Å². The normalized spacial score (nSPS) is 23.6. The summed E-state index contributed by atoms with van der Waals surface area (Å²) in [5.41, 5.74) is 1.01. The van der Waals surface area contributed by atoms with Crippen molar-refractivity contribution in [3.05, 3.63) is 34.3 Å². The minimum atomic E-state index is -0.367. The van der Waals surface area contributed by atoms with Crippen molar-refractivity contribution in [1.82, 2.24) is 4.90 Å². The van der Waals surface area contributed by atoms with Crippen molar-refractivity contribution in [3.8, 4) is 0 Å². The monoisotopic (exact) mass is 297 g/mol. The standard InChI is InChI=1S/C14H20BrNO/c1-11-3-2-8-16(9-11)10-14(17)12-4-6-13(15)7-5-12/h4-7,11,14,17H,2-3,8-10H2,1H3. The molecule has 1 fully saturated rings. The molecular weight excluding hydrogens is 278 g/mol. The number of nitrogens with zero attached hydrogens (tertiary/aromatic N) is 1. The number of benzene rings is 1. The van der Waals surface area contributed by atoms with E-state index in [1.807, 2.05) is 24.3 Å². The zero-order chi connectivity index (χ0) is 12.3. The molecule has 2 atom stereocenters. The maximum absolute atomic E-state index is 10.2. The molecule has 1 N–H and O–H groups in total. The average Bonchev–Trinajstić information content (AvgIpc) is 2.29. The van der Waals surface area contributed by atoms with Gasteiger partial charge in [-0.2, -0.15) is 0 Å². The molecule has 2 unspecified atom stereocenters. The lowest BCUT2D eigenvalue weighted by atomic mass is 9.99. The lowest BCUT2D eigenvalue weighted by molar-refractivity contribution is 0.0876. The van der Waals surface area contributed by atoms with E-state index in [9.17, 15) is 5.11 Å². The van der Waals surface area contributed by atoms with Crippen LogP contribution in [0.3, 0.4) is 0 Å². The predicted octanol–water partition coefficient (Wildman–Crippen LogP) is 3.21. The smallest absolute Gasteiger partial charge is 0.0916 e. The summed E-state index contributed by atoms with van der Waals surface area (Å²) in [6.45, 7) is 5.29. The largest absolute Gasteiger partial charge is 0.387 e. The van der Waals surface area contributed by atoms with E-state index in [0.29, 0.717) is 0 Å². The second-order valence-electron chi connectivity index (χ2n) is 5.07. The molecule has 0 aromatic heterocycles. The van der Waals surface area contributed by atoms with Gasteiger partial charge in [0.2, 0.25) is 0 Å². The van der Waals surface area contributed by atoms with Gasteiger partial charge in [-0.3, -0.25) is 0 Å². The third-order valence-corrected chi connectivity index (χ3v) is 3.96. The van der Waals surface area contributed by atoms with E-state index in [1.165, 1.54) is 12.8 Å². The summed E-state index contributed by atoms with van der Waals surface area (Å²) in [7, 11) is 0. The van der Waals surface area contributed by atoms with E-state index >= 15 is 0 Å². The summed E-state index contributed by atoms with van der Waals surface area (Å²) in [5.74, 6) is 0.765. The SMILES string of the molecule is CC1CCCN(CC(O)c2ccc(Br)cc2)C1. The molecule has 3 heteroatoms. The Morgan fingerprint density at radius 2 is 2.12 bits per heavy atom. The van der Waals surface area contributed by atoms with Crippen LogP contribution in [0.4, 0.5) is 0 Å². The summed E-state index contributed by atoms with van der Waals surface area (Å²) in [4.78, 5) is 2.38. The molecule has 1 heterocycles. The molecule has 1 saturated heterocycles. The Hall–Kier alpha value is -0.380. The van der Waals surface area contributed by atoms with Crippen LogP contribution < -0.4 is 0 Å². The Bertz CT molecular complexity index is 352. The quantitative estimate of drug-likeness (QED) is 0.926. The number of rotatable bonds is 3. The Morgan fingerprint density at radius 1 is 1.41 bits per heavy atom. The van der Waals surface area contributed by atoms with Crippen molar-refractivity contribution in [3.63, 3.8) is 0 Å². The molecule has 0 spiro atoms. The molecule has 1 aromatic carbocycles.